The highest BCUT2D eigenvalue weighted by atomic mass is 16.5. The maximum Gasteiger partial charge on any atom is 0.193 e. The molecule has 3 saturated heterocycles. The molecule has 0 amide bonds. The summed E-state index contributed by atoms with van der Waals surface area (Å²) in [6.07, 6.45) is 3.36. The Morgan fingerprint density at radius 3 is 2.44 bits per heavy atom. The van der Waals surface area contributed by atoms with E-state index in [0.717, 1.165) is 78.0 Å². The van der Waals surface area contributed by atoms with Gasteiger partial charge in [-0.05, 0) is 33.4 Å². The summed E-state index contributed by atoms with van der Waals surface area (Å²) in [6, 6.07) is 0.633. The van der Waals surface area contributed by atoms with Crippen LogP contribution in [0.4, 0.5) is 0 Å². The van der Waals surface area contributed by atoms with Gasteiger partial charge in [-0.2, -0.15) is 0 Å². The van der Waals surface area contributed by atoms with E-state index in [9.17, 15) is 0 Å². The van der Waals surface area contributed by atoms with Crippen LogP contribution in [0.5, 0.6) is 0 Å². The average molecular weight is 354 g/mol. The molecule has 0 aromatic rings. The lowest BCUT2D eigenvalue weighted by molar-refractivity contribution is -0.00526. The fourth-order valence-electron chi connectivity index (χ4n) is 4.28. The predicted molar refractivity (Wildman–Crippen MR) is 100 cm³/mol. The van der Waals surface area contributed by atoms with Crippen LogP contribution in [-0.2, 0) is 9.47 Å². The van der Waals surface area contributed by atoms with Crippen LogP contribution in [0.15, 0.2) is 4.99 Å². The van der Waals surface area contributed by atoms with Gasteiger partial charge in [-0.25, -0.2) is 0 Å². The molecule has 1 unspecified atom stereocenters. The number of hydrogen-bond acceptors (Lipinski definition) is 5. The van der Waals surface area contributed by atoms with E-state index in [4.69, 9.17) is 9.47 Å². The number of guanidine groups is 1. The first-order valence-corrected chi connectivity index (χ1v) is 9.67. The number of nitrogens with zero attached hydrogens (tertiary/aromatic N) is 4. The number of morpholine rings is 1. The second-order valence-corrected chi connectivity index (χ2v) is 7.67. The highest BCUT2D eigenvalue weighted by molar-refractivity contribution is 5.80. The van der Waals surface area contributed by atoms with Crippen LogP contribution in [0.3, 0.4) is 0 Å². The number of ether oxygens (including phenoxy) is 2. The van der Waals surface area contributed by atoms with Crippen LogP contribution in [0.1, 0.15) is 19.3 Å². The second-order valence-electron chi connectivity index (χ2n) is 7.67. The Bertz CT molecular complexity index is 445. The molecule has 3 fully saturated rings. The molecule has 1 atom stereocenters. The van der Waals surface area contributed by atoms with E-state index >= 15 is 0 Å². The van der Waals surface area contributed by atoms with E-state index in [1.165, 1.54) is 6.42 Å². The van der Waals surface area contributed by atoms with E-state index in [2.05, 4.69) is 39.1 Å². The zero-order valence-electron chi connectivity index (χ0n) is 16.2. The molecule has 3 aliphatic rings. The van der Waals surface area contributed by atoms with Gasteiger partial charge in [0, 0.05) is 64.6 Å². The Hall–Kier alpha value is -0.890. The van der Waals surface area contributed by atoms with Gasteiger partial charge in [0.25, 0.3) is 0 Å². The van der Waals surface area contributed by atoms with E-state index in [0.29, 0.717) is 6.04 Å². The van der Waals surface area contributed by atoms with Gasteiger partial charge in [-0.3, -0.25) is 9.89 Å². The van der Waals surface area contributed by atoms with Crippen molar-refractivity contribution in [2.24, 2.45) is 4.99 Å². The first kappa shape index (κ1) is 18.9. The minimum absolute atomic E-state index is 0.164. The quantitative estimate of drug-likeness (QED) is 0.571. The number of likely N-dealkylation sites (tertiary alicyclic amines) is 1. The molecule has 0 saturated carbocycles. The SMILES string of the molecule is CN=C(NCC1(N(C)C)CCOCC1)N1CCC(N2CCOCC2)C1. The smallest absolute Gasteiger partial charge is 0.193 e. The molecule has 25 heavy (non-hydrogen) atoms. The number of rotatable bonds is 4. The van der Waals surface area contributed by atoms with Crippen molar-refractivity contribution in [3.63, 3.8) is 0 Å². The first-order valence-electron chi connectivity index (χ1n) is 9.67. The zero-order valence-corrected chi connectivity index (χ0v) is 16.2. The van der Waals surface area contributed by atoms with Crippen LogP contribution >= 0.6 is 0 Å². The van der Waals surface area contributed by atoms with E-state index < -0.39 is 0 Å². The summed E-state index contributed by atoms with van der Waals surface area (Å²) in [5.41, 5.74) is 0.164. The molecular weight excluding hydrogens is 318 g/mol. The number of likely N-dealkylation sites (N-methyl/N-ethyl adjacent to an activating group) is 1. The molecule has 0 bridgehead atoms. The van der Waals surface area contributed by atoms with Gasteiger partial charge >= 0.3 is 0 Å². The van der Waals surface area contributed by atoms with Crippen molar-refractivity contribution >= 4 is 5.96 Å². The average Bonchev–Trinajstić information content (AvgIpc) is 3.14. The van der Waals surface area contributed by atoms with Gasteiger partial charge in [0.1, 0.15) is 0 Å². The van der Waals surface area contributed by atoms with Gasteiger partial charge in [0.2, 0.25) is 0 Å². The van der Waals surface area contributed by atoms with Crippen molar-refractivity contribution in [2.75, 3.05) is 80.3 Å². The zero-order chi connectivity index (χ0) is 17.7. The molecule has 0 aromatic heterocycles. The summed E-state index contributed by atoms with van der Waals surface area (Å²) in [7, 11) is 6.26. The summed E-state index contributed by atoms with van der Waals surface area (Å²) in [5.74, 6) is 1.04. The second kappa shape index (κ2) is 8.66. The van der Waals surface area contributed by atoms with Crippen molar-refractivity contribution in [3.05, 3.63) is 0 Å². The van der Waals surface area contributed by atoms with Crippen molar-refractivity contribution in [3.8, 4) is 0 Å². The van der Waals surface area contributed by atoms with E-state index in [1.807, 2.05) is 7.05 Å². The maximum atomic E-state index is 5.58. The van der Waals surface area contributed by atoms with Crippen molar-refractivity contribution in [1.29, 1.82) is 0 Å². The van der Waals surface area contributed by atoms with Crippen LogP contribution in [0, 0.1) is 0 Å². The van der Waals surface area contributed by atoms with Crippen molar-refractivity contribution in [1.82, 2.24) is 20.0 Å². The molecule has 0 radical (unpaired) electrons. The minimum Gasteiger partial charge on any atom is -0.381 e. The molecule has 3 rings (SSSR count). The highest BCUT2D eigenvalue weighted by Crippen LogP contribution is 2.25. The third-order valence-corrected chi connectivity index (χ3v) is 6.18. The Balaban J connectivity index is 1.54. The van der Waals surface area contributed by atoms with Gasteiger partial charge < -0.3 is 24.6 Å². The molecule has 0 aromatic carbocycles. The predicted octanol–water partition coefficient (Wildman–Crippen LogP) is 0.0791. The molecule has 3 aliphatic heterocycles. The molecule has 7 nitrogen and oxygen atoms in total. The normalized spacial score (nSPS) is 28.6. The standard InChI is InChI=1S/C18H35N5O2/c1-19-17(20-15-18(21(2)3)5-10-24-11-6-18)23-7-4-16(14-23)22-8-12-25-13-9-22/h16H,4-15H2,1-3H3,(H,19,20). The van der Waals surface area contributed by atoms with Crippen LogP contribution in [0.2, 0.25) is 0 Å². The van der Waals surface area contributed by atoms with Gasteiger partial charge in [0.05, 0.1) is 13.2 Å². The van der Waals surface area contributed by atoms with Gasteiger partial charge in [-0.15, -0.1) is 0 Å². The molecular formula is C18H35N5O2. The summed E-state index contributed by atoms with van der Waals surface area (Å²) in [5, 5.41) is 3.66. The van der Waals surface area contributed by atoms with Crippen LogP contribution < -0.4 is 5.32 Å². The van der Waals surface area contributed by atoms with Crippen LogP contribution in [0.25, 0.3) is 0 Å². The van der Waals surface area contributed by atoms with Gasteiger partial charge in [-0.1, -0.05) is 0 Å². The maximum absolute atomic E-state index is 5.58. The Morgan fingerprint density at radius 2 is 1.80 bits per heavy atom. The Morgan fingerprint density at radius 1 is 1.12 bits per heavy atom. The Kier molecular flexibility index (Phi) is 6.55. The third kappa shape index (κ3) is 4.45. The monoisotopic (exact) mass is 353 g/mol. The largest absolute Gasteiger partial charge is 0.381 e. The lowest BCUT2D eigenvalue weighted by Crippen LogP contribution is -2.57. The number of nitrogens with one attached hydrogen (secondary N) is 1. The highest BCUT2D eigenvalue weighted by Gasteiger charge is 2.36. The molecule has 3 heterocycles. The molecule has 0 aliphatic carbocycles. The fraction of sp³-hybridized carbons (Fsp3) is 0.944. The van der Waals surface area contributed by atoms with Crippen molar-refractivity contribution in [2.45, 2.75) is 30.8 Å². The molecule has 0 spiro atoms. The minimum atomic E-state index is 0.164. The fourth-order valence-corrected chi connectivity index (χ4v) is 4.28. The first-order chi connectivity index (χ1) is 12.1. The van der Waals surface area contributed by atoms with Crippen molar-refractivity contribution < 1.29 is 9.47 Å². The summed E-state index contributed by atoms with van der Waals surface area (Å²) < 4.78 is 11.1. The Labute approximate surface area is 152 Å². The van der Waals surface area contributed by atoms with Gasteiger partial charge in [0.15, 0.2) is 5.96 Å². The molecule has 144 valence electrons. The lowest BCUT2D eigenvalue weighted by atomic mass is 9.88. The topological polar surface area (TPSA) is 52.6 Å². The molecule has 7 heteroatoms. The summed E-state index contributed by atoms with van der Waals surface area (Å²) >= 11 is 0. The number of hydrogen-bond donors (Lipinski definition) is 1. The van der Waals surface area contributed by atoms with E-state index in [1.54, 1.807) is 0 Å². The third-order valence-electron chi connectivity index (χ3n) is 6.18. The van der Waals surface area contributed by atoms with E-state index in [-0.39, 0.29) is 5.54 Å². The molecule has 1 N–H and O–H groups in total. The lowest BCUT2D eigenvalue weighted by Gasteiger charge is -2.43. The summed E-state index contributed by atoms with van der Waals surface area (Å²) in [4.78, 5) is 11.9. The summed E-state index contributed by atoms with van der Waals surface area (Å²) in [6.45, 7) is 8.64. The van der Waals surface area contributed by atoms with Crippen LogP contribution in [-0.4, -0.2) is 113 Å². The number of aliphatic imine (C=N–C) groups is 1.